The number of aryl methyl sites for hydroxylation is 1. The van der Waals surface area contributed by atoms with Crippen molar-refractivity contribution in [2.75, 3.05) is 6.61 Å². The Morgan fingerprint density at radius 3 is 2.92 bits per heavy atom. The molecule has 3 nitrogen and oxygen atoms in total. The van der Waals surface area contributed by atoms with Gasteiger partial charge in [-0.25, -0.2) is 4.79 Å². The summed E-state index contributed by atoms with van der Waals surface area (Å²) >= 11 is 3.24. The second-order valence-corrected chi connectivity index (χ2v) is 3.13. The molecule has 13 heavy (non-hydrogen) atoms. The SMILES string of the molecule is CCOC(=O)c1c(C)coc1CBr. The van der Waals surface area contributed by atoms with Crippen LogP contribution in [-0.4, -0.2) is 12.6 Å². The summed E-state index contributed by atoms with van der Waals surface area (Å²) in [5, 5.41) is 0.523. The maximum absolute atomic E-state index is 11.4. The molecule has 72 valence electrons. The molecule has 0 aromatic carbocycles. The molecule has 0 fully saturated rings. The number of halogens is 1. The van der Waals surface area contributed by atoms with E-state index in [0.29, 0.717) is 23.3 Å². The zero-order valence-electron chi connectivity index (χ0n) is 7.59. The molecule has 1 aromatic heterocycles. The molecule has 0 atom stereocenters. The van der Waals surface area contributed by atoms with Crippen molar-refractivity contribution >= 4 is 21.9 Å². The van der Waals surface area contributed by atoms with Crippen LogP contribution in [0.15, 0.2) is 10.7 Å². The Hall–Kier alpha value is -0.770. The van der Waals surface area contributed by atoms with Crippen LogP contribution >= 0.6 is 15.9 Å². The first-order valence-electron chi connectivity index (χ1n) is 4.00. The minimum Gasteiger partial charge on any atom is -0.467 e. The van der Waals surface area contributed by atoms with E-state index in [1.807, 2.05) is 6.92 Å². The molecule has 0 saturated carbocycles. The van der Waals surface area contributed by atoms with Gasteiger partial charge in [0.1, 0.15) is 11.3 Å². The molecular weight excluding hydrogens is 236 g/mol. The summed E-state index contributed by atoms with van der Waals surface area (Å²) in [5.41, 5.74) is 1.35. The van der Waals surface area contributed by atoms with Crippen molar-refractivity contribution in [2.45, 2.75) is 19.2 Å². The van der Waals surface area contributed by atoms with Crippen LogP contribution in [0.2, 0.25) is 0 Å². The quantitative estimate of drug-likeness (QED) is 0.608. The Labute approximate surface area is 85.2 Å². The lowest BCUT2D eigenvalue weighted by Crippen LogP contribution is -2.06. The van der Waals surface area contributed by atoms with Crippen molar-refractivity contribution in [3.63, 3.8) is 0 Å². The summed E-state index contributed by atoms with van der Waals surface area (Å²) in [7, 11) is 0. The standard InChI is InChI=1S/C9H11BrO3/c1-3-12-9(11)8-6(2)5-13-7(8)4-10/h5H,3-4H2,1-2H3. The molecule has 0 saturated heterocycles. The Morgan fingerprint density at radius 1 is 1.69 bits per heavy atom. The molecule has 0 N–H and O–H groups in total. The number of carbonyl (C=O) groups is 1. The summed E-state index contributed by atoms with van der Waals surface area (Å²) in [4.78, 5) is 11.4. The highest BCUT2D eigenvalue weighted by atomic mass is 79.9. The molecule has 0 aliphatic heterocycles. The number of esters is 1. The largest absolute Gasteiger partial charge is 0.467 e. The maximum atomic E-state index is 11.4. The summed E-state index contributed by atoms with van der Waals surface area (Å²) in [6.45, 7) is 3.98. The van der Waals surface area contributed by atoms with E-state index in [0.717, 1.165) is 5.56 Å². The van der Waals surface area contributed by atoms with Crippen molar-refractivity contribution in [2.24, 2.45) is 0 Å². The fraction of sp³-hybridized carbons (Fsp3) is 0.444. The Bertz CT molecular complexity index is 304. The lowest BCUT2D eigenvalue weighted by Gasteiger charge is -2.01. The highest BCUT2D eigenvalue weighted by molar-refractivity contribution is 9.08. The minimum atomic E-state index is -0.316. The van der Waals surface area contributed by atoms with Crippen LogP contribution in [0, 0.1) is 6.92 Å². The van der Waals surface area contributed by atoms with Crippen LogP contribution in [-0.2, 0) is 10.1 Å². The smallest absolute Gasteiger partial charge is 0.341 e. The average molecular weight is 247 g/mol. The molecular formula is C9H11BrO3. The third kappa shape index (κ3) is 2.12. The van der Waals surface area contributed by atoms with Crippen LogP contribution in [0.4, 0.5) is 0 Å². The van der Waals surface area contributed by atoms with Crippen LogP contribution in [0.3, 0.4) is 0 Å². The normalized spacial score (nSPS) is 10.1. The van der Waals surface area contributed by atoms with Crippen LogP contribution in [0.1, 0.15) is 28.6 Å². The van der Waals surface area contributed by atoms with Gasteiger partial charge in [-0.3, -0.25) is 0 Å². The van der Waals surface area contributed by atoms with Crippen molar-refractivity contribution in [1.29, 1.82) is 0 Å². The van der Waals surface area contributed by atoms with E-state index in [1.54, 1.807) is 13.2 Å². The van der Waals surface area contributed by atoms with Gasteiger partial charge in [0.05, 0.1) is 18.2 Å². The molecule has 0 spiro atoms. The van der Waals surface area contributed by atoms with Gasteiger partial charge in [-0.05, 0) is 13.8 Å². The molecule has 0 unspecified atom stereocenters. The maximum Gasteiger partial charge on any atom is 0.341 e. The van der Waals surface area contributed by atoms with E-state index in [9.17, 15) is 4.79 Å². The van der Waals surface area contributed by atoms with Crippen molar-refractivity contribution in [3.05, 3.63) is 23.2 Å². The molecule has 4 heteroatoms. The third-order valence-electron chi connectivity index (χ3n) is 1.65. The van der Waals surface area contributed by atoms with E-state index >= 15 is 0 Å². The molecule has 0 aliphatic carbocycles. The Kier molecular flexibility index (Phi) is 3.54. The second-order valence-electron chi connectivity index (χ2n) is 2.57. The average Bonchev–Trinajstić information content (AvgIpc) is 2.47. The predicted molar refractivity (Wildman–Crippen MR) is 52.0 cm³/mol. The molecule has 1 aromatic rings. The fourth-order valence-corrected chi connectivity index (χ4v) is 1.49. The van der Waals surface area contributed by atoms with Crippen LogP contribution in [0.5, 0.6) is 0 Å². The number of hydrogen-bond donors (Lipinski definition) is 0. The van der Waals surface area contributed by atoms with E-state index in [-0.39, 0.29) is 5.97 Å². The Balaban J connectivity index is 2.96. The van der Waals surface area contributed by atoms with Crippen molar-refractivity contribution in [1.82, 2.24) is 0 Å². The van der Waals surface area contributed by atoms with Crippen LogP contribution < -0.4 is 0 Å². The summed E-state index contributed by atoms with van der Waals surface area (Å²) in [6, 6.07) is 0. The van der Waals surface area contributed by atoms with Gasteiger partial charge in [0, 0.05) is 5.56 Å². The third-order valence-corrected chi connectivity index (χ3v) is 2.16. The molecule has 1 heterocycles. The predicted octanol–water partition coefficient (Wildman–Crippen LogP) is 2.66. The molecule has 0 aliphatic rings. The lowest BCUT2D eigenvalue weighted by molar-refractivity contribution is 0.0523. The van der Waals surface area contributed by atoms with Crippen LogP contribution in [0.25, 0.3) is 0 Å². The monoisotopic (exact) mass is 246 g/mol. The fourth-order valence-electron chi connectivity index (χ4n) is 1.07. The second kappa shape index (κ2) is 4.46. The number of rotatable bonds is 3. The zero-order valence-corrected chi connectivity index (χ0v) is 9.18. The first kappa shape index (κ1) is 10.3. The molecule has 0 radical (unpaired) electrons. The highest BCUT2D eigenvalue weighted by Crippen LogP contribution is 2.19. The number of carbonyl (C=O) groups excluding carboxylic acids is 1. The minimum absolute atomic E-state index is 0.316. The number of hydrogen-bond acceptors (Lipinski definition) is 3. The van der Waals surface area contributed by atoms with E-state index in [1.165, 1.54) is 0 Å². The topological polar surface area (TPSA) is 39.4 Å². The van der Waals surface area contributed by atoms with Gasteiger partial charge in [0.2, 0.25) is 0 Å². The van der Waals surface area contributed by atoms with Gasteiger partial charge in [-0.1, -0.05) is 15.9 Å². The van der Waals surface area contributed by atoms with Gasteiger partial charge in [-0.15, -0.1) is 0 Å². The van der Waals surface area contributed by atoms with Gasteiger partial charge >= 0.3 is 5.97 Å². The lowest BCUT2D eigenvalue weighted by atomic mass is 10.2. The van der Waals surface area contributed by atoms with E-state index in [4.69, 9.17) is 9.15 Å². The Morgan fingerprint density at radius 2 is 2.38 bits per heavy atom. The molecule has 0 amide bonds. The van der Waals surface area contributed by atoms with E-state index in [2.05, 4.69) is 15.9 Å². The van der Waals surface area contributed by atoms with Gasteiger partial charge in [0.25, 0.3) is 0 Å². The van der Waals surface area contributed by atoms with E-state index < -0.39 is 0 Å². The first-order chi connectivity index (χ1) is 6.20. The van der Waals surface area contributed by atoms with Crippen molar-refractivity contribution in [3.8, 4) is 0 Å². The summed E-state index contributed by atoms with van der Waals surface area (Å²) < 4.78 is 10.1. The first-order valence-corrected chi connectivity index (χ1v) is 5.12. The summed E-state index contributed by atoms with van der Waals surface area (Å²) in [6.07, 6.45) is 1.56. The molecule has 1 rings (SSSR count). The van der Waals surface area contributed by atoms with Crippen molar-refractivity contribution < 1.29 is 13.9 Å². The highest BCUT2D eigenvalue weighted by Gasteiger charge is 2.18. The number of alkyl halides is 1. The summed E-state index contributed by atoms with van der Waals surface area (Å²) in [5.74, 6) is 0.305. The molecule has 0 bridgehead atoms. The van der Waals surface area contributed by atoms with Gasteiger partial charge < -0.3 is 9.15 Å². The van der Waals surface area contributed by atoms with Gasteiger partial charge in [0.15, 0.2) is 0 Å². The van der Waals surface area contributed by atoms with Gasteiger partial charge in [-0.2, -0.15) is 0 Å². The number of furan rings is 1. The number of ether oxygens (including phenoxy) is 1. The zero-order chi connectivity index (χ0) is 9.84.